The first kappa shape index (κ1) is 22.9. The van der Waals surface area contributed by atoms with Gasteiger partial charge in [-0.2, -0.15) is 0 Å². The maximum Gasteiger partial charge on any atom is 0.295 e. The lowest BCUT2D eigenvalue weighted by Crippen LogP contribution is -2.36. The highest BCUT2D eigenvalue weighted by Crippen LogP contribution is 2.41. The summed E-state index contributed by atoms with van der Waals surface area (Å²) in [4.78, 5) is 27.7. The van der Waals surface area contributed by atoms with Crippen molar-refractivity contribution in [2.75, 3.05) is 20.3 Å². The number of hydrogen-bond donors (Lipinski definition) is 1. The third-order valence-electron chi connectivity index (χ3n) is 5.87. The number of hydrogen-bond acceptors (Lipinski definition) is 6. The van der Waals surface area contributed by atoms with Crippen LogP contribution in [0.1, 0.15) is 43.9 Å². The van der Waals surface area contributed by atoms with Crippen molar-refractivity contribution < 1.29 is 28.9 Å². The summed E-state index contributed by atoms with van der Waals surface area (Å²) in [6.45, 7) is 4.78. The first-order valence-corrected chi connectivity index (χ1v) is 11.2. The molecule has 2 saturated heterocycles. The van der Waals surface area contributed by atoms with E-state index in [4.69, 9.17) is 14.2 Å². The number of rotatable bonds is 7. The number of amides is 1. The summed E-state index contributed by atoms with van der Waals surface area (Å²) in [5.74, 6) is -0.303. The van der Waals surface area contributed by atoms with Gasteiger partial charge in [-0.1, -0.05) is 12.1 Å². The van der Waals surface area contributed by atoms with E-state index in [0.29, 0.717) is 29.2 Å². The number of aliphatic hydroxyl groups is 1. The van der Waals surface area contributed by atoms with Gasteiger partial charge in [-0.25, -0.2) is 0 Å². The van der Waals surface area contributed by atoms with Crippen LogP contribution < -0.4 is 9.47 Å². The van der Waals surface area contributed by atoms with Gasteiger partial charge < -0.3 is 24.2 Å². The zero-order chi connectivity index (χ0) is 23.5. The lowest BCUT2D eigenvalue weighted by atomic mass is 9.95. The highest BCUT2D eigenvalue weighted by molar-refractivity contribution is 6.46. The topological polar surface area (TPSA) is 85.3 Å². The molecule has 0 aliphatic carbocycles. The number of aliphatic hydroxyl groups excluding tert-OH is 1. The van der Waals surface area contributed by atoms with Crippen molar-refractivity contribution >= 4 is 17.4 Å². The van der Waals surface area contributed by atoms with Gasteiger partial charge in [0.15, 0.2) is 0 Å². The first-order chi connectivity index (χ1) is 15.9. The van der Waals surface area contributed by atoms with E-state index in [1.807, 2.05) is 19.9 Å². The highest BCUT2D eigenvalue weighted by Gasteiger charge is 2.47. The molecule has 0 bridgehead atoms. The SMILES string of the molecule is COc1cccc(C2/C(=C(/O)c3ccc(OC(C)C)cc3)C(=O)C(=O)N2CC2CCCO2)c1. The zero-order valence-corrected chi connectivity index (χ0v) is 19.1. The quantitative estimate of drug-likeness (QED) is 0.388. The van der Waals surface area contributed by atoms with E-state index in [-0.39, 0.29) is 30.1 Å². The van der Waals surface area contributed by atoms with Crippen molar-refractivity contribution in [2.45, 2.75) is 44.9 Å². The van der Waals surface area contributed by atoms with Crippen LogP contribution in [0.25, 0.3) is 5.76 Å². The fourth-order valence-corrected chi connectivity index (χ4v) is 4.35. The Morgan fingerprint density at radius 1 is 1.15 bits per heavy atom. The molecule has 2 atom stereocenters. The van der Waals surface area contributed by atoms with E-state index in [9.17, 15) is 14.7 Å². The van der Waals surface area contributed by atoms with E-state index in [2.05, 4.69) is 0 Å². The molecule has 2 unspecified atom stereocenters. The molecule has 2 aliphatic rings. The number of likely N-dealkylation sites (tertiary alicyclic amines) is 1. The van der Waals surface area contributed by atoms with Crippen LogP contribution in [0.15, 0.2) is 54.1 Å². The lowest BCUT2D eigenvalue weighted by molar-refractivity contribution is -0.140. The summed E-state index contributed by atoms with van der Waals surface area (Å²) in [5, 5.41) is 11.2. The molecule has 7 nitrogen and oxygen atoms in total. The molecule has 2 aromatic rings. The third kappa shape index (κ3) is 4.73. The van der Waals surface area contributed by atoms with Gasteiger partial charge in [0.2, 0.25) is 0 Å². The summed E-state index contributed by atoms with van der Waals surface area (Å²) in [6, 6.07) is 13.3. The van der Waals surface area contributed by atoms with Gasteiger partial charge in [0, 0.05) is 18.7 Å². The van der Waals surface area contributed by atoms with Crippen LogP contribution in [-0.4, -0.2) is 54.2 Å². The second-order valence-corrected chi connectivity index (χ2v) is 8.55. The Kier molecular flexibility index (Phi) is 6.70. The normalized spacial score (nSPS) is 22.2. The van der Waals surface area contributed by atoms with Crippen molar-refractivity contribution in [1.82, 2.24) is 4.90 Å². The Bertz CT molecular complexity index is 1050. The van der Waals surface area contributed by atoms with E-state index in [0.717, 1.165) is 12.8 Å². The van der Waals surface area contributed by atoms with Gasteiger partial charge in [-0.3, -0.25) is 9.59 Å². The summed E-state index contributed by atoms with van der Waals surface area (Å²) in [6.07, 6.45) is 1.62. The van der Waals surface area contributed by atoms with Gasteiger partial charge in [0.05, 0.1) is 30.9 Å². The number of ether oxygens (including phenoxy) is 3. The van der Waals surface area contributed by atoms with E-state index >= 15 is 0 Å². The monoisotopic (exact) mass is 451 g/mol. The Hall–Kier alpha value is -3.32. The minimum absolute atomic E-state index is 0.0145. The molecule has 2 aliphatic heterocycles. The third-order valence-corrected chi connectivity index (χ3v) is 5.87. The fourth-order valence-electron chi connectivity index (χ4n) is 4.35. The molecule has 0 saturated carbocycles. The largest absolute Gasteiger partial charge is 0.507 e. The summed E-state index contributed by atoms with van der Waals surface area (Å²) < 4.78 is 16.8. The van der Waals surface area contributed by atoms with Crippen LogP contribution in [0.2, 0.25) is 0 Å². The van der Waals surface area contributed by atoms with Crippen LogP contribution in [0.5, 0.6) is 11.5 Å². The van der Waals surface area contributed by atoms with Crippen LogP contribution in [-0.2, 0) is 14.3 Å². The number of carbonyl (C=O) groups excluding carboxylic acids is 2. The predicted molar refractivity (Wildman–Crippen MR) is 123 cm³/mol. The zero-order valence-electron chi connectivity index (χ0n) is 19.1. The molecule has 0 aromatic heterocycles. The Morgan fingerprint density at radius 3 is 2.55 bits per heavy atom. The van der Waals surface area contributed by atoms with Crippen LogP contribution in [0.4, 0.5) is 0 Å². The van der Waals surface area contributed by atoms with Gasteiger partial charge in [0.1, 0.15) is 17.3 Å². The molecule has 2 fully saturated rings. The second kappa shape index (κ2) is 9.67. The number of Topliss-reactive ketones (excluding diaryl/α,β-unsaturated/α-hetero) is 1. The first-order valence-electron chi connectivity index (χ1n) is 11.2. The molecule has 1 amide bonds. The second-order valence-electron chi connectivity index (χ2n) is 8.55. The van der Waals surface area contributed by atoms with E-state index in [1.165, 1.54) is 4.90 Å². The Balaban J connectivity index is 1.77. The smallest absolute Gasteiger partial charge is 0.295 e. The number of methoxy groups -OCH3 is 1. The number of carbonyl (C=O) groups is 2. The van der Waals surface area contributed by atoms with Gasteiger partial charge in [0.25, 0.3) is 11.7 Å². The van der Waals surface area contributed by atoms with Gasteiger partial charge in [-0.15, -0.1) is 0 Å². The Morgan fingerprint density at radius 2 is 1.91 bits per heavy atom. The minimum Gasteiger partial charge on any atom is -0.507 e. The van der Waals surface area contributed by atoms with Crippen molar-refractivity contribution in [3.63, 3.8) is 0 Å². The van der Waals surface area contributed by atoms with E-state index in [1.54, 1.807) is 49.6 Å². The molecule has 2 heterocycles. The maximum absolute atomic E-state index is 13.1. The molecule has 33 heavy (non-hydrogen) atoms. The number of nitrogens with zero attached hydrogens (tertiary/aromatic N) is 1. The highest BCUT2D eigenvalue weighted by atomic mass is 16.5. The van der Waals surface area contributed by atoms with Crippen molar-refractivity contribution in [2.24, 2.45) is 0 Å². The summed E-state index contributed by atoms with van der Waals surface area (Å²) in [7, 11) is 1.56. The molecular formula is C26H29NO6. The Labute approximate surface area is 193 Å². The van der Waals surface area contributed by atoms with Crippen LogP contribution in [0.3, 0.4) is 0 Å². The average Bonchev–Trinajstić information content (AvgIpc) is 3.41. The van der Waals surface area contributed by atoms with Crippen molar-refractivity contribution in [3.05, 3.63) is 65.2 Å². The van der Waals surface area contributed by atoms with Gasteiger partial charge >= 0.3 is 0 Å². The molecule has 2 aromatic carbocycles. The van der Waals surface area contributed by atoms with Gasteiger partial charge in [-0.05, 0) is 68.7 Å². The molecule has 0 radical (unpaired) electrons. The fraction of sp³-hybridized carbons (Fsp3) is 0.385. The van der Waals surface area contributed by atoms with E-state index < -0.39 is 17.7 Å². The lowest BCUT2D eigenvalue weighted by Gasteiger charge is -2.27. The van der Waals surface area contributed by atoms with Crippen LogP contribution >= 0.6 is 0 Å². The molecule has 1 N–H and O–H groups in total. The molecule has 7 heteroatoms. The van der Waals surface area contributed by atoms with Crippen molar-refractivity contribution in [1.29, 1.82) is 0 Å². The summed E-state index contributed by atoms with van der Waals surface area (Å²) in [5.41, 5.74) is 1.19. The minimum atomic E-state index is -0.740. The molecular weight excluding hydrogens is 422 g/mol. The molecule has 4 rings (SSSR count). The molecule has 0 spiro atoms. The standard InChI is InChI=1S/C26H29NO6/c1-16(2)33-19-11-9-17(10-12-19)24(28)22-23(18-6-4-7-20(14-18)31-3)27(26(30)25(22)29)15-21-8-5-13-32-21/h4,6-7,9-12,14,16,21,23,28H,5,8,13,15H2,1-3H3/b24-22-. The number of benzene rings is 2. The van der Waals surface area contributed by atoms with Crippen molar-refractivity contribution in [3.8, 4) is 11.5 Å². The predicted octanol–water partition coefficient (Wildman–Crippen LogP) is 4.08. The summed E-state index contributed by atoms with van der Waals surface area (Å²) >= 11 is 0. The van der Waals surface area contributed by atoms with Crippen LogP contribution in [0, 0.1) is 0 Å². The number of ketones is 1. The average molecular weight is 452 g/mol. The molecule has 174 valence electrons. The maximum atomic E-state index is 13.1.